The number of nitrogens with one attached hydrogen (secondary N) is 1. The minimum absolute atomic E-state index is 0.263. The molecule has 2 aromatic carbocycles. The van der Waals surface area contributed by atoms with E-state index in [4.69, 9.17) is 11.6 Å². The number of carbonyl (C=O) groups is 1. The summed E-state index contributed by atoms with van der Waals surface area (Å²) in [7, 11) is 0. The third kappa shape index (κ3) is 3.65. The van der Waals surface area contributed by atoms with Gasteiger partial charge in [-0.3, -0.25) is 4.79 Å². The van der Waals surface area contributed by atoms with Crippen LogP contribution in [0.4, 0.5) is 4.39 Å². The maximum Gasteiger partial charge on any atom is 0.272 e. The van der Waals surface area contributed by atoms with E-state index in [0.29, 0.717) is 10.6 Å². The Balaban J connectivity index is 2.09. The Bertz CT molecular complexity index is 676. The Labute approximate surface area is 128 Å². The van der Waals surface area contributed by atoms with Gasteiger partial charge in [-0.2, -0.15) is 5.10 Å². The molecule has 0 aliphatic heterocycles. The van der Waals surface area contributed by atoms with Gasteiger partial charge in [-0.25, -0.2) is 9.82 Å². The van der Waals surface area contributed by atoms with Crippen LogP contribution in [-0.4, -0.2) is 12.1 Å². The van der Waals surface area contributed by atoms with Crippen molar-refractivity contribution >= 4 is 39.7 Å². The minimum Gasteiger partial charge on any atom is -0.267 e. The first kappa shape index (κ1) is 14.7. The molecule has 6 heteroatoms. The van der Waals surface area contributed by atoms with E-state index in [-0.39, 0.29) is 5.56 Å². The topological polar surface area (TPSA) is 41.5 Å². The summed E-state index contributed by atoms with van der Waals surface area (Å²) in [6, 6.07) is 11.0. The Morgan fingerprint density at radius 2 is 2.05 bits per heavy atom. The highest BCUT2D eigenvalue weighted by Crippen LogP contribution is 2.15. The summed E-state index contributed by atoms with van der Waals surface area (Å²) in [5, 5.41) is 4.04. The molecule has 2 rings (SSSR count). The van der Waals surface area contributed by atoms with Crippen molar-refractivity contribution in [1.82, 2.24) is 5.43 Å². The molecule has 1 amide bonds. The van der Waals surface area contributed by atoms with E-state index >= 15 is 0 Å². The van der Waals surface area contributed by atoms with Gasteiger partial charge >= 0.3 is 0 Å². The van der Waals surface area contributed by atoms with E-state index in [2.05, 4.69) is 26.5 Å². The molecule has 0 atom stereocenters. The highest BCUT2D eigenvalue weighted by Gasteiger charge is 2.08. The fourth-order valence-corrected chi connectivity index (χ4v) is 2.08. The number of hydrogen-bond acceptors (Lipinski definition) is 2. The van der Waals surface area contributed by atoms with Crippen molar-refractivity contribution in [3.8, 4) is 0 Å². The van der Waals surface area contributed by atoms with Crippen molar-refractivity contribution in [1.29, 1.82) is 0 Å². The Morgan fingerprint density at radius 1 is 1.30 bits per heavy atom. The van der Waals surface area contributed by atoms with Crippen LogP contribution in [0, 0.1) is 5.82 Å². The molecule has 3 nitrogen and oxygen atoms in total. The highest BCUT2D eigenvalue weighted by molar-refractivity contribution is 9.10. The molecule has 0 saturated carbocycles. The standard InChI is InChI=1S/C14H9BrClFN2O/c15-10-5-6-13(17)9(7-10)8-18-19-14(20)11-3-1-2-4-12(11)16/h1-8H,(H,19,20)/b18-8-. The van der Waals surface area contributed by atoms with Gasteiger partial charge in [0.25, 0.3) is 5.91 Å². The van der Waals surface area contributed by atoms with Gasteiger partial charge < -0.3 is 0 Å². The second-order valence-electron chi connectivity index (χ2n) is 3.84. The quantitative estimate of drug-likeness (QED) is 0.656. The first-order valence-corrected chi connectivity index (χ1v) is 6.78. The summed E-state index contributed by atoms with van der Waals surface area (Å²) in [5.41, 5.74) is 2.87. The molecule has 0 radical (unpaired) electrons. The van der Waals surface area contributed by atoms with Crippen LogP contribution >= 0.6 is 27.5 Å². The lowest BCUT2D eigenvalue weighted by molar-refractivity contribution is 0.0955. The van der Waals surface area contributed by atoms with Crippen molar-refractivity contribution in [3.05, 3.63) is 68.9 Å². The maximum absolute atomic E-state index is 13.4. The van der Waals surface area contributed by atoms with E-state index in [0.717, 1.165) is 4.47 Å². The van der Waals surface area contributed by atoms with E-state index in [1.54, 1.807) is 36.4 Å². The molecular weight excluding hydrogens is 347 g/mol. The summed E-state index contributed by atoms with van der Waals surface area (Å²) in [6.07, 6.45) is 1.23. The molecule has 1 N–H and O–H groups in total. The van der Waals surface area contributed by atoms with Crippen LogP contribution in [0.25, 0.3) is 0 Å². The smallest absolute Gasteiger partial charge is 0.267 e. The van der Waals surface area contributed by atoms with Crippen molar-refractivity contribution in [2.45, 2.75) is 0 Å². The average Bonchev–Trinajstić information content (AvgIpc) is 2.43. The molecule has 2 aromatic rings. The average molecular weight is 356 g/mol. The first-order valence-electron chi connectivity index (χ1n) is 5.61. The van der Waals surface area contributed by atoms with Crippen LogP contribution in [0.1, 0.15) is 15.9 Å². The second kappa shape index (κ2) is 6.63. The Morgan fingerprint density at radius 3 is 2.80 bits per heavy atom. The van der Waals surface area contributed by atoms with Gasteiger partial charge in [0.2, 0.25) is 0 Å². The monoisotopic (exact) mass is 354 g/mol. The zero-order chi connectivity index (χ0) is 14.5. The van der Waals surface area contributed by atoms with Crippen LogP contribution in [0.5, 0.6) is 0 Å². The summed E-state index contributed by atoms with van der Waals surface area (Å²) in [6.45, 7) is 0. The molecule has 0 heterocycles. The SMILES string of the molecule is O=C(N/N=C\c1cc(Br)ccc1F)c1ccccc1Cl. The number of amides is 1. The summed E-state index contributed by atoms with van der Waals surface area (Å²) < 4.78 is 14.2. The molecule has 0 saturated heterocycles. The fraction of sp³-hybridized carbons (Fsp3) is 0. The van der Waals surface area contributed by atoms with Gasteiger partial charge in [0.15, 0.2) is 0 Å². The molecule has 102 valence electrons. The number of hydrogen-bond donors (Lipinski definition) is 1. The summed E-state index contributed by atoms with van der Waals surface area (Å²) in [5.74, 6) is -0.883. The zero-order valence-corrected chi connectivity index (χ0v) is 12.5. The normalized spacial score (nSPS) is 10.8. The third-order valence-corrected chi connectivity index (χ3v) is 3.27. The molecule has 0 aliphatic carbocycles. The third-order valence-electron chi connectivity index (χ3n) is 2.45. The number of benzene rings is 2. The number of hydrazone groups is 1. The van der Waals surface area contributed by atoms with Gasteiger partial charge in [0.05, 0.1) is 16.8 Å². The van der Waals surface area contributed by atoms with Gasteiger partial charge in [0, 0.05) is 10.0 Å². The number of carbonyl (C=O) groups excluding carboxylic acids is 1. The fourth-order valence-electron chi connectivity index (χ4n) is 1.48. The van der Waals surface area contributed by atoms with E-state index in [9.17, 15) is 9.18 Å². The van der Waals surface area contributed by atoms with Crippen molar-refractivity contribution in [3.63, 3.8) is 0 Å². The van der Waals surface area contributed by atoms with E-state index in [1.807, 2.05) is 0 Å². The van der Waals surface area contributed by atoms with Crippen LogP contribution < -0.4 is 5.43 Å². The molecule has 0 unspecified atom stereocenters. The van der Waals surface area contributed by atoms with Crippen molar-refractivity contribution < 1.29 is 9.18 Å². The molecule has 0 spiro atoms. The van der Waals surface area contributed by atoms with Gasteiger partial charge in [-0.05, 0) is 30.3 Å². The van der Waals surface area contributed by atoms with Crippen molar-refractivity contribution in [2.24, 2.45) is 5.10 Å². The van der Waals surface area contributed by atoms with E-state index < -0.39 is 11.7 Å². The van der Waals surface area contributed by atoms with Crippen LogP contribution in [0.15, 0.2) is 52.0 Å². The maximum atomic E-state index is 13.4. The number of halogens is 3. The van der Waals surface area contributed by atoms with Crippen molar-refractivity contribution in [2.75, 3.05) is 0 Å². The van der Waals surface area contributed by atoms with Crippen LogP contribution in [0.2, 0.25) is 5.02 Å². The highest BCUT2D eigenvalue weighted by atomic mass is 79.9. The molecule has 0 aliphatic rings. The summed E-state index contributed by atoms with van der Waals surface area (Å²) >= 11 is 9.11. The summed E-state index contributed by atoms with van der Waals surface area (Å²) in [4.78, 5) is 11.8. The predicted octanol–water partition coefficient (Wildman–Crippen LogP) is 4.01. The molecular formula is C14H9BrClFN2O. The van der Waals surface area contributed by atoms with E-state index in [1.165, 1.54) is 12.3 Å². The molecule has 0 fully saturated rings. The lowest BCUT2D eigenvalue weighted by Crippen LogP contribution is -2.18. The van der Waals surface area contributed by atoms with Gasteiger partial charge in [-0.1, -0.05) is 39.7 Å². The Hall–Kier alpha value is -1.72. The second-order valence-corrected chi connectivity index (χ2v) is 5.17. The molecule has 0 bridgehead atoms. The van der Waals surface area contributed by atoms with Gasteiger partial charge in [-0.15, -0.1) is 0 Å². The lowest BCUT2D eigenvalue weighted by atomic mass is 10.2. The molecule has 0 aromatic heterocycles. The molecule has 20 heavy (non-hydrogen) atoms. The lowest BCUT2D eigenvalue weighted by Gasteiger charge is -2.02. The Kier molecular flexibility index (Phi) is 4.87. The predicted molar refractivity (Wildman–Crippen MR) is 80.6 cm³/mol. The zero-order valence-electron chi connectivity index (χ0n) is 10.1. The minimum atomic E-state index is -0.456. The largest absolute Gasteiger partial charge is 0.272 e. The van der Waals surface area contributed by atoms with Crippen LogP contribution in [-0.2, 0) is 0 Å². The first-order chi connectivity index (χ1) is 9.58. The number of rotatable bonds is 3. The van der Waals surface area contributed by atoms with Gasteiger partial charge in [0.1, 0.15) is 5.82 Å². The van der Waals surface area contributed by atoms with Crippen LogP contribution in [0.3, 0.4) is 0 Å². The number of nitrogens with zero attached hydrogens (tertiary/aromatic N) is 1.